The molecule has 18 heavy (non-hydrogen) atoms. The second kappa shape index (κ2) is 5.31. The van der Waals surface area contributed by atoms with E-state index in [1.165, 1.54) is 0 Å². The van der Waals surface area contributed by atoms with E-state index in [1.54, 1.807) is 26.2 Å². The number of ether oxygens (including phenoxy) is 1. The van der Waals surface area contributed by atoms with Crippen LogP contribution in [0.15, 0.2) is 28.9 Å². The topological polar surface area (TPSA) is 77.3 Å². The number of aromatic nitrogens is 2. The molecule has 0 aliphatic heterocycles. The van der Waals surface area contributed by atoms with Gasteiger partial charge >= 0.3 is 0 Å². The number of hydrogen-bond donors (Lipinski definition) is 1. The zero-order valence-electron chi connectivity index (χ0n) is 10.1. The van der Waals surface area contributed by atoms with Crippen molar-refractivity contribution >= 4 is 11.7 Å². The lowest BCUT2D eigenvalue weighted by atomic mass is 10.1. The van der Waals surface area contributed by atoms with Crippen LogP contribution in [-0.2, 0) is 4.79 Å². The van der Waals surface area contributed by atoms with Crippen molar-refractivity contribution in [3.63, 3.8) is 0 Å². The third-order valence-electron chi connectivity index (χ3n) is 2.43. The number of carbonyl (C=O) groups excluding carboxylic acids is 1. The third kappa shape index (κ3) is 2.48. The summed E-state index contributed by atoms with van der Waals surface area (Å²) < 4.78 is 9.73. The quantitative estimate of drug-likeness (QED) is 0.895. The molecular formula is C12H13N3O3. The summed E-state index contributed by atoms with van der Waals surface area (Å²) in [7, 11) is 1.60. The van der Waals surface area contributed by atoms with Crippen molar-refractivity contribution in [1.82, 2.24) is 10.3 Å². The molecule has 0 saturated carbocycles. The minimum absolute atomic E-state index is 0.138. The van der Waals surface area contributed by atoms with Crippen LogP contribution in [0.25, 0.3) is 11.3 Å². The lowest BCUT2D eigenvalue weighted by molar-refractivity contribution is -0.115. The molecule has 0 aliphatic carbocycles. The van der Waals surface area contributed by atoms with Gasteiger partial charge < -0.3 is 10.1 Å². The highest BCUT2D eigenvalue weighted by molar-refractivity contribution is 5.92. The fraction of sp³-hybridized carbons (Fsp3) is 0.250. The largest absolute Gasteiger partial charge is 0.497 e. The number of amides is 1. The van der Waals surface area contributed by atoms with Crippen LogP contribution in [0.5, 0.6) is 5.75 Å². The molecule has 0 saturated heterocycles. The Morgan fingerprint density at radius 1 is 1.33 bits per heavy atom. The lowest BCUT2D eigenvalue weighted by Gasteiger charge is -2.02. The van der Waals surface area contributed by atoms with Gasteiger partial charge in [0.15, 0.2) is 5.69 Å². The molecule has 1 aromatic carbocycles. The van der Waals surface area contributed by atoms with E-state index in [0.717, 1.165) is 11.3 Å². The number of carbonyl (C=O) groups is 1. The highest BCUT2D eigenvalue weighted by Crippen LogP contribution is 2.26. The second-order valence-corrected chi connectivity index (χ2v) is 3.59. The maximum atomic E-state index is 11.3. The van der Waals surface area contributed by atoms with Crippen LogP contribution < -0.4 is 10.1 Å². The molecule has 0 bridgehead atoms. The summed E-state index contributed by atoms with van der Waals surface area (Å²) in [5, 5.41) is 10.1. The zero-order chi connectivity index (χ0) is 13.0. The number of nitrogens with one attached hydrogen (secondary N) is 1. The predicted molar refractivity (Wildman–Crippen MR) is 65.2 cm³/mol. The molecule has 1 N–H and O–H groups in total. The summed E-state index contributed by atoms with van der Waals surface area (Å²) in [5.74, 6) is 0.932. The van der Waals surface area contributed by atoms with Gasteiger partial charge in [-0.05, 0) is 34.6 Å². The Kier molecular flexibility index (Phi) is 3.57. The van der Waals surface area contributed by atoms with E-state index in [-0.39, 0.29) is 5.91 Å². The van der Waals surface area contributed by atoms with Gasteiger partial charge in [-0.2, -0.15) is 0 Å². The molecule has 0 unspecified atom stereocenters. The first kappa shape index (κ1) is 12.1. The van der Waals surface area contributed by atoms with Gasteiger partial charge in [-0.25, -0.2) is 4.63 Å². The Morgan fingerprint density at radius 2 is 2.06 bits per heavy atom. The molecule has 0 spiro atoms. The van der Waals surface area contributed by atoms with Gasteiger partial charge in [0.05, 0.1) is 7.11 Å². The van der Waals surface area contributed by atoms with Crippen LogP contribution >= 0.6 is 0 Å². The molecule has 2 aromatic rings. The van der Waals surface area contributed by atoms with E-state index < -0.39 is 0 Å². The first-order chi connectivity index (χ1) is 8.74. The van der Waals surface area contributed by atoms with Crippen molar-refractivity contribution in [3.05, 3.63) is 24.3 Å². The Balaban J connectivity index is 2.27. The Labute approximate surface area is 104 Å². The fourth-order valence-electron chi connectivity index (χ4n) is 1.43. The van der Waals surface area contributed by atoms with Crippen molar-refractivity contribution in [1.29, 1.82) is 0 Å². The van der Waals surface area contributed by atoms with Crippen LogP contribution in [0.3, 0.4) is 0 Å². The number of rotatable bonds is 4. The normalized spacial score (nSPS) is 10.1. The molecule has 0 fully saturated rings. The number of benzene rings is 1. The van der Waals surface area contributed by atoms with Crippen LogP contribution in [-0.4, -0.2) is 23.3 Å². The summed E-state index contributed by atoms with van der Waals surface area (Å²) >= 11 is 0. The van der Waals surface area contributed by atoms with E-state index in [1.807, 2.05) is 12.1 Å². The average molecular weight is 247 g/mol. The number of nitrogens with zero attached hydrogens (tertiary/aromatic N) is 2. The van der Waals surface area contributed by atoms with Gasteiger partial charge in [0.25, 0.3) is 0 Å². The Morgan fingerprint density at radius 3 is 2.67 bits per heavy atom. The van der Waals surface area contributed by atoms with Gasteiger partial charge in [0, 0.05) is 12.0 Å². The first-order valence-corrected chi connectivity index (χ1v) is 5.51. The van der Waals surface area contributed by atoms with E-state index in [2.05, 4.69) is 20.3 Å². The molecule has 1 heterocycles. The highest BCUT2D eigenvalue weighted by Gasteiger charge is 2.14. The molecule has 94 valence electrons. The van der Waals surface area contributed by atoms with Gasteiger partial charge in [-0.3, -0.25) is 4.79 Å². The standard InChI is InChI=1S/C12H13N3O3/c1-3-10(16)13-12-11(14-18-15-12)8-4-6-9(17-2)7-5-8/h4-7H,3H2,1-2H3,(H,13,15,16). The SMILES string of the molecule is CCC(=O)Nc1nonc1-c1ccc(OC)cc1. The molecule has 1 aromatic heterocycles. The highest BCUT2D eigenvalue weighted by atomic mass is 16.6. The van der Waals surface area contributed by atoms with E-state index >= 15 is 0 Å². The molecule has 6 nitrogen and oxygen atoms in total. The van der Waals surface area contributed by atoms with E-state index in [4.69, 9.17) is 4.74 Å². The molecule has 0 aliphatic rings. The average Bonchev–Trinajstić information content (AvgIpc) is 2.86. The summed E-state index contributed by atoms with van der Waals surface area (Å²) in [6, 6.07) is 7.24. The monoisotopic (exact) mass is 247 g/mol. The maximum Gasteiger partial charge on any atom is 0.225 e. The molecule has 6 heteroatoms. The van der Waals surface area contributed by atoms with Crippen LogP contribution in [0.2, 0.25) is 0 Å². The smallest absolute Gasteiger partial charge is 0.225 e. The predicted octanol–water partition coefficient (Wildman–Crippen LogP) is 2.09. The Hall–Kier alpha value is -2.37. The van der Waals surface area contributed by atoms with Gasteiger partial charge in [0.2, 0.25) is 11.7 Å². The molecular weight excluding hydrogens is 234 g/mol. The van der Waals surface area contributed by atoms with Gasteiger partial charge in [-0.15, -0.1) is 0 Å². The van der Waals surface area contributed by atoms with Crippen molar-refractivity contribution in [2.24, 2.45) is 0 Å². The summed E-state index contributed by atoms with van der Waals surface area (Å²) in [6.07, 6.45) is 0.370. The summed E-state index contributed by atoms with van der Waals surface area (Å²) in [6.45, 7) is 1.76. The Bertz CT molecular complexity index is 534. The summed E-state index contributed by atoms with van der Waals surface area (Å²) in [5.41, 5.74) is 1.29. The minimum Gasteiger partial charge on any atom is -0.497 e. The fourth-order valence-corrected chi connectivity index (χ4v) is 1.43. The minimum atomic E-state index is -0.138. The second-order valence-electron chi connectivity index (χ2n) is 3.59. The lowest BCUT2D eigenvalue weighted by Crippen LogP contribution is -2.10. The molecule has 0 atom stereocenters. The zero-order valence-corrected chi connectivity index (χ0v) is 10.1. The van der Waals surface area contributed by atoms with Gasteiger partial charge in [-0.1, -0.05) is 6.92 Å². The molecule has 1 amide bonds. The van der Waals surface area contributed by atoms with E-state index in [0.29, 0.717) is 17.9 Å². The molecule has 2 rings (SSSR count). The molecule has 0 radical (unpaired) electrons. The van der Waals surface area contributed by atoms with Crippen LogP contribution in [0, 0.1) is 0 Å². The number of anilines is 1. The number of methoxy groups -OCH3 is 1. The van der Waals surface area contributed by atoms with Crippen molar-refractivity contribution in [3.8, 4) is 17.0 Å². The maximum absolute atomic E-state index is 11.3. The third-order valence-corrected chi connectivity index (χ3v) is 2.43. The van der Waals surface area contributed by atoms with Crippen LogP contribution in [0.4, 0.5) is 5.82 Å². The van der Waals surface area contributed by atoms with Crippen molar-refractivity contribution in [2.75, 3.05) is 12.4 Å². The van der Waals surface area contributed by atoms with E-state index in [9.17, 15) is 4.79 Å². The summed E-state index contributed by atoms with van der Waals surface area (Å²) in [4.78, 5) is 11.3. The van der Waals surface area contributed by atoms with Crippen LogP contribution in [0.1, 0.15) is 13.3 Å². The van der Waals surface area contributed by atoms with Crippen molar-refractivity contribution in [2.45, 2.75) is 13.3 Å². The van der Waals surface area contributed by atoms with Crippen molar-refractivity contribution < 1.29 is 14.2 Å². The number of hydrogen-bond acceptors (Lipinski definition) is 5. The van der Waals surface area contributed by atoms with Gasteiger partial charge in [0.1, 0.15) is 5.75 Å². The first-order valence-electron chi connectivity index (χ1n) is 5.51.